The Hall–Kier alpha value is -2.69. The molecule has 0 spiro atoms. The van der Waals surface area contributed by atoms with Gasteiger partial charge in [-0.05, 0) is 19.1 Å². The highest BCUT2D eigenvalue weighted by Crippen LogP contribution is 2.08. The van der Waals surface area contributed by atoms with Gasteiger partial charge in [0.15, 0.2) is 5.75 Å². The smallest absolute Gasteiger partial charge is 0.294 e. The third-order valence-corrected chi connectivity index (χ3v) is 3.75. The first-order valence-electron chi connectivity index (χ1n) is 7.09. The number of nitrogens with two attached hydrogens (primary N) is 1. The van der Waals surface area contributed by atoms with Crippen molar-refractivity contribution in [2.75, 3.05) is 13.1 Å². The van der Waals surface area contributed by atoms with Gasteiger partial charge in [0.05, 0.1) is 4.90 Å². The summed E-state index contributed by atoms with van der Waals surface area (Å²) >= 11 is 0. The fourth-order valence-corrected chi connectivity index (χ4v) is 2.07. The highest BCUT2D eigenvalue weighted by atomic mass is 32.2. The number of aromatic nitrogens is 1. The van der Waals surface area contributed by atoms with E-state index in [-0.39, 0.29) is 10.6 Å². The van der Waals surface area contributed by atoms with Gasteiger partial charge in [-0.15, -0.1) is 0 Å². The average Bonchev–Trinajstić information content (AvgIpc) is 2.55. The second kappa shape index (κ2) is 8.97. The van der Waals surface area contributed by atoms with E-state index in [0.717, 1.165) is 17.8 Å². The lowest BCUT2D eigenvalue weighted by atomic mass is 10.2. The molecule has 0 bridgehead atoms. The highest BCUT2D eigenvalue weighted by Gasteiger charge is 2.07. The van der Waals surface area contributed by atoms with Gasteiger partial charge < -0.3 is 21.1 Å². The van der Waals surface area contributed by atoms with Gasteiger partial charge >= 0.3 is 0 Å². The van der Waals surface area contributed by atoms with Crippen LogP contribution in [0.3, 0.4) is 0 Å². The van der Waals surface area contributed by atoms with E-state index in [2.05, 4.69) is 10.3 Å². The number of H-pyrrole nitrogens is 1. The predicted octanol–water partition coefficient (Wildman–Crippen LogP) is 0.0107. The van der Waals surface area contributed by atoms with Crippen molar-refractivity contribution in [2.45, 2.75) is 11.8 Å². The molecule has 0 saturated carbocycles. The first-order valence-corrected chi connectivity index (χ1v) is 8.53. The number of hydrogen-bond acceptors (Lipinski definition) is 6. The summed E-state index contributed by atoms with van der Waals surface area (Å²) in [6, 6.07) is 7.02. The molecule has 0 unspecified atom stereocenters. The van der Waals surface area contributed by atoms with Crippen molar-refractivity contribution in [3.8, 4) is 5.75 Å². The van der Waals surface area contributed by atoms with Crippen molar-refractivity contribution in [3.63, 3.8) is 0 Å². The van der Waals surface area contributed by atoms with Crippen LogP contribution < -0.4 is 16.5 Å². The van der Waals surface area contributed by atoms with Gasteiger partial charge in [-0.1, -0.05) is 17.7 Å². The summed E-state index contributed by atoms with van der Waals surface area (Å²) in [6.07, 6.45) is 1.07. The molecule has 0 atom stereocenters. The largest absolute Gasteiger partial charge is 0.503 e. The number of benzene rings is 1. The normalized spacial score (nSPS) is 10.5. The predicted molar refractivity (Wildman–Crippen MR) is 91.1 cm³/mol. The maximum atomic E-state index is 11.2. The molecule has 2 aromatic rings. The lowest BCUT2D eigenvalue weighted by Gasteiger charge is -2.02. The summed E-state index contributed by atoms with van der Waals surface area (Å²) in [5, 5.41) is 11.4. The number of carbonyl (C=O) groups excluding carboxylic acids is 1. The minimum absolute atomic E-state index is 0.0666. The Balaban J connectivity index is 0.000000257. The first kappa shape index (κ1) is 20.4. The maximum absolute atomic E-state index is 11.2. The second-order valence-corrected chi connectivity index (χ2v) is 6.35. The molecular formula is C15H19N3O6S. The zero-order valence-corrected chi connectivity index (χ0v) is 14.2. The lowest BCUT2D eigenvalue weighted by Crippen LogP contribution is -2.30. The van der Waals surface area contributed by atoms with Crippen molar-refractivity contribution < 1.29 is 22.9 Å². The number of rotatable bonds is 4. The summed E-state index contributed by atoms with van der Waals surface area (Å²) < 4.78 is 29.6. The van der Waals surface area contributed by atoms with Crippen LogP contribution in [0.1, 0.15) is 16.1 Å². The van der Waals surface area contributed by atoms with Crippen molar-refractivity contribution in [1.29, 1.82) is 0 Å². The Labute approximate surface area is 144 Å². The molecule has 0 aliphatic carbocycles. The molecule has 0 fully saturated rings. The number of aromatic amines is 1. The summed E-state index contributed by atoms with van der Waals surface area (Å²) in [4.78, 5) is 24.6. The summed E-state index contributed by atoms with van der Waals surface area (Å²) in [6.45, 7) is 2.50. The Morgan fingerprint density at radius 1 is 1.28 bits per heavy atom. The van der Waals surface area contributed by atoms with Crippen molar-refractivity contribution in [1.82, 2.24) is 10.3 Å². The topological polar surface area (TPSA) is 163 Å². The van der Waals surface area contributed by atoms with Crippen LogP contribution in [0.25, 0.3) is 0 Å². The van der Waals surface area contributed by atoms with Crippen molar-refractivity contribution in [2.24, 2.45) is 5.73 Å². The van der Waals surface area contributed by atoms with Crippen LogP contribution in [0, 0.1) is 6.92 Å². The quantitative estimate of drug-likeness (QED) is 0.474. The number of aryl methyl sites for hydroxylation is 1. The maximum Gasteiger partial charge on any atom is 0.294 e. The third-order valence-electron chi connectivity index (χ3n) is 2.89. The fraction of sp³-hybridized carbons (Fsp3) is 0.200. The molecule has 1 aromatic heterocycles. The molecule has 0 radical (unpaired) electrons. The molecule has 9 nitrogen and oxygen atoms in total. The summed E-state index contributed by atoms with van der Waals surface area (Å²) in [5.74, 6) is -0.840. The Morgan fingerprint density at radius 2 is 1.88 bits per heavy atom. The highest BCUT2D eigenvalue weighted by molar-refractivity contribution is 7.85. The molecule has 0 aliphatic rings. The minimum Gasteiger partial charge on any atom is -0.503 e. The molecule has 1 aromatic carbocycles. The number of aromatic hydroxyl groups is 1. The van der Waals surface area contributed by atoms with Crippen LogP contribution in [-0.4, -0.2) is 42.1 Å². The van der Waals surface area contributed by atoms with E-state index in [1.54, 1.807) is 12.1 Å². The molecule has 136 valence electrons. The first-order chi connectivity index (χ1) is 11.6. The van der Waals surface area contributed by atoms with Crippen molar-refractivity contribution >= 4 is 16.0 Å². The molecule has 1 heterocycles. The van der Waals surface area contributed by atoms with E-state index < -0.39 is 27.2 Å². The van der Waals surface area contributed by atoms with E-state index in [9.17, 15) is 18.0 Å². The molecule has 25 heavy (non-hydrogen) atoms. The van der Waals surface area contributed by atoms with Gasteiger partial charge in [0, 0.05) is 25.4 Å². The van der Waals surface area contributed by atoms with Crippen LogP contribution >= 0.6 is 0 Å². The number of amides is 1. The number of nitrogens with one attached hydrogen (secondary N) is 2. The molecule has 6 N–H and O–H groups in total. The van der Waals surface area contributed by atoms with Crippen molar-refractivity contribution in [3.05, 3.63) is 58.0 Å². The Morgan fingerprint density at radius 3 is 2.36 bits per heavy atom. The summed E-state index contributed by atoms with van der Waals surface area (Å²) in [5.41, 5.74) is 5.64. The van der Waals surface area contributed by atoms with E-state index in [1.807, 2.05) is 6.92 Å². The van der Waals surface area contributed by atoms with Crippen LogP contribution in [0.4, 0.5) is 0 Å². The minimum atomic E-state index is -4.02. The van der Waals surface area contributed by atoms with Gasteiger partial charge in [0.2, 0.25) is 5.43 Å². The zero-order chi connectivity index (χ0) is 19.0. The van der Waals surface area contributed by atoms with Crippen LogP contribution in [0.2, 0.25) is 0 Å². The van der Waals surface area contributed by atoms with Crippen LogP contribution in [-0.2, 0) is 10.1 Å². The lowest BCUT2D eigenvalue weighted by molar-refractivity contribution is 0.0949. The number of pyridine rings is 1. The number of hydrogen-bond donors (Lipinski definition) is 5. The average molecular weight is 369 g/mol. The third kappa shape index (κ3) is 6.75. The molecule has 2 rings (SSSR count). The van der Waals surface area contributed by atoms with E-state index in [4.69, 9.17) is 15.4 Å². The Kier molecular flexibility index (Phi) is 7.30. The number of carbonyl (C=O) groups is 1. The monoisotopic (exact) mass is 369 g/mol. The van der Waals surface area contributed by atoms with Gasteiger partial charge in [-0.25, -0.2) is 0 Å². The van der Waals surface area contributed by atoms with Crippen LogP contribution in [0.15, 0.2) is 46.2 Å². The standard InChI is InChI=1S/C8H11N3O3.C7H8O3S/c9-1-2-10-8(14)5-3-6(12)7(13)4-11-5;1-6-2-4-7(5-3-6)11(8,9)10/h3-4,13H,1-2,9H2,(H,10,14)(H,11,12);2-5H,1H3,(H,8,9,10). The van der Waals surface area contributed by atoms with Gasteiger partial charge in [-0.2, -0.15) is 8.42 Å². The van der Waals surface area contributed by atoms with E-state index in [0.29, 0.717) is 13.1 Å². The van der Waals surface area contributed by atoms with Gasteiger partial charge in [-0.3, -0.25) is 14.1 Å². The van der Waals surface area contributed by atoms with E-state index >= 15 is 0 Å². The Bertz CT molecular complexity index is 875. The fourth-order valence-electron chi connectivity index (χ4n) is 1.59. The summed E-state index contributed by atoms with van der Waals surface area (Å²) in [7, 11) is -4.02. The molecule has 1 amide bonds. The SMILES string of the molecule is Cc1ccc(S(=O)(=O)O)cc1.NCCNC(=O)c1cc(=O)c(O)c[nH]1. The molecule has 10 heteroatoms. The van der Waals surface area contributed by atoms with Gasteiger partial charge in [0.25, 0.3) is 16.0 Å². The van der Waals surface area contributed by atoms with E-state index in [1.165, 1.54) is 12.1 Å². The molecule has 0 aliphatic heterocycles. The van der Waals surface area contributed by atoms with Gasteiger partial charge in [0.1, 0.15) is 5.69 Å². The molecular weight excluding hydrogens is 350 g/mol. The zero-order valence-electron chi connectivity index (χ0n) is 13.4. The van der Waals surface area contributed by atoms with Crippen LogP contribution in [0.5, 0.6) is 5.75 Å². The second-order valence-electron chi connectivity index (χ2n) is 4.93. The molecule has 0 saturated heterocycles.